The van der Waals surface area contributed by atoms with Gasteiger partial charge in [0, 0.05) is 30.6 Å². The lowest BCUT2D eigenvalue weighted by Crippen LogP contribution is -2.37. The lowest BCUT2D eigenvalue weighted by Gasteiger charge is -2.43. The molecule has 8 heteroatoms. The summed E-state index contributed by atoms with van der Waals surface area (Å²) in [6.45, 7) is 2.04. The standard InChI is InChI=1S/C36H31N3O4S/c1-43-31-13-12-22(18-30(31)35(41)42)19-32-34(40)38-36(44-32)37-25-20-28-26(23-8-4-2-5-9-23)14-16-39-17-15-27(29(21-25)33(28)39)24-10-6-3-7-11-24/h2-13,18-21,26-27H,14-17H2,1H3,(H,41,42)(H,37,38,40)/b32-19-/t26-,27+. The molecule has 4 aromatic rings. The average Bonchev–Trinajstić information content (AvgIpc) is 3.39. The fourth-order valence-electron chi connectivity index (χ4n) is 6.64. The van der Waals surface area contributed by atoms with Crippen LogP contribution >= 0.6 is 11.8 Å². The van der Waals surface area contributed by atoms with Crippen LogP contribution < -0.4 is 15.0 Å². The van der Waals surface area contributed by atoms with E-state index < -0.39 is 5.97 Å². The summed E-state index contributed by atoms with van der Waals surface area (Å²) in [5.74, 6) is -0.573. The zero-order valence-corrected chi connectivity index (χ0v) is 25.0. The largest absolute Gasteiger partial charge is 0.496 e. The molecular weight excluding hydrogens is 570 g/mol. The molecule has 0 aromatic heterocycles. The summed E-state index contributed by atoms with van der Waals surface area (Å²) < 4.78 is 5.17. The number of amides is 1. The number of anilines is 1. The minimum Gasteiger partial charge on any atom is -0.496 e. The highest BCUT2D eigenvalue weighted by Gasteiger charge is 2.35. The first-order chi connectivity index (χ1) is 21.5. The van der Waals surface area contributed by atoms with E-state index in [2.05, 4.69) is 83.0 Å². The van der Waals surface area contributed by atoms with E-state index in [1.165, 1.54) is 52.9 Å². The van der Waals surface area contributed by atoms with E-state index in [1.54, 1.807) is 18.2 Å². The Kier molecular flexibility index (Phi) is 7.44. The van der Waals surface area contributed by atoms with E-state index in [9.17, 15) is 14.7 Å². The molecule has 3 aliphatic rings. The maximum absolute atomic E-state index is 13.0. The number of carboxylic acid groups (broad SMARTS) is 1. The number of methoxy groups -OCH3 is 1. The van der Waals surface area contributed by atoms with Gasteiger partial charge in [-0.15, -0.1) is 0 Å². The fourth-order valence-corrected chi connectivity index (χ4v) is 7.48. The van der Waals surface area contributed by atoms with E-state index in [0.717, 1.165) is 31.6 Å². The van der Waals surface area contributed by atoms with Gasteiger partial charge in [-0.1, -0.05) is 66.7 Å². The van der Waals surface area contributed by atoms with Gasteiger partial charge in [-0.05, 0) is 82.8 Å². The quantitative estimate of drug-likeness (QED) is 0.228. The summed E-state index contributed by atoms with van der Waals surface area (Å²) in [6, 6.07) is 30.6. The second kappa shape index (κ2) is 11.7. The SMILES string of the molecule is COc1ccc(/C=C2\SC(=Nc3cc4c5c(c3)[C@H](c3ccccc3)CCN5CC[C@@H]4c3ccccc3)NC2=O)cc1C(=O)O. The number of hydrogen-bond acceptors (Lipinski definition) is 6. The summed E-state index contributed by atoms with van der Waals surface area (Å²) in [4.78, 5) is 32.6. The number of benzene rings is 4. The van der Waals surface area contributed by atoms with E-state index in [0.29, 0.717) is 15.6 Å². The van der Waals surface area contributed by atoms with Crippen LogP contribution in [0.4, 0.5) is 11.4 Å². The zero-order chi connectivity index (χ0) is 30.2. The monoisotopic (exact) mass is 601 g/mol. The number of aliphatic imine (C=N–C) groups is 1. The van der Waals surface area contributed by atoms with Crippen LogP contribution in [-0.4, -0.2) is 42.3 Å². The number of thioether (sulfide) groups is 1. The van der Waals surface area contributed by atoms with Gasteiger partial charge < -0.3 is 20.1 Å². The first-order valence-electron chi connectivity index (χ1n) is 14.7. The van der Waals surface area contributed by atoms with E-state index in [-0.39, 0.29) is 29.1 Å². The van der Waals surface area contributed by atoms with Gasteiger partial charge in [-0.2, -0.15) is 0 Å². The number of nitrogens with one attached hydrogen (secondary N) is 1. The number of aromatic carboxylic acids is 1. The van der Waals surface area contributed by atoms with Crippen molar-refractivity contribution in [2.75, 3.05) is 25.1 Å². The van der Waals surface area contributed by atoms with Crippen molar-refractivity contribution in [1.29, 1.82) is 0 Å². The highest BCUT2D eigenvalue weighted by Crippen LogP contribution is 2.50. The number of hydrogen-bond donors (Lipinski definition) is 2. The van der Waals surface area contributed by atoms with Crippen molar-refractivity contribution in [3.8, 4) is 5.75 Å². The molecule has 0 saturated carbocycles. The molecule has 220 valence electrons. The van der Waals surface area contributed by atoms with Gasteiger partial charge in [0.15, 0.2) is 5.17 Å². The number of carbonyl (C=O) groups is 2. The van der Waals surface area contributed by atoms with Crippen molar-refractivity contribution in [1.82, 2.24) is 5.32 Å². The van der Waals surface area contributed by atoms with Gasteiger partial charge in [0.05, 0.1) is 17.7 Å². The molecule has 1 saturated heterocycles. The van der Waals surface area contributed by atoms with Crippen LogP contribution in [-0.2, 0) is 4.79 Å². The van der Waals surface area contributed by atoms with Crippen molar-refractivity contribution in [3.63, 3.8) is 0 Å². The van der Waals surface area contributed by atoms with E-state index in [4.69, 9.17) is 9.73 Å². The molecule has 0 radical (unpaired) electrons. The molecule has 1 amide bonds. The number of amidine groups is 1. The molecule has 7 rings (SSSR count). The van der Waals surface area contributed by atoms with Crippen LogP contribution in [0.5, 0.6) is 5.75 Å². The molecule has 4 aromatic carbocycles. The second-order valence-electron chi connectivity index (χ2n) is 11.2. The topological polar surface area (TPSA) is 91.2 Å². The van der Waals surface area contributed by atoms with Gasteiger partial charge >= 0.3 is 5.97 Å². The molecule has 2 atom stereocenters. The van der Waals surface area contributed by atoms with Crippen LogP contribution in [0.25, 0.3) is 6.08 Å². The van der Waals surface area contributed by atoms with Crippen molar-refractivity contribution in [2.24, 2.45) is 4.99 Å². The third-order valence-electron chi connectivity index (χ3n) is 8.63. The molecule has 0 unspecified atom stereocenters. The predicted octanol–water partition coefficient (Wildman–Crippen LogP) is 7.16. The molecule has 1 fully saturated rings. The van der Waals surface area contributed by atoms with Crippen molar-refractivity contribution in [3.05, 3.63) is 129 Å². The first-order valence-corrected chi connectivity index (χ1v) is 15.5. The van der Waals surface area contributed by atoms with E-state index in [1.807, 2.05) is 0 Å². The molecular formula is C36H31N3O4S. The Labute approximate surface area is 260 Å². The Balaban J connectivity index is 1.28. The molecule has 3 aliphatic heterocycles. The van der Waals surface area contributed by atoms with Crippen molar-refractivity contribution in [2.45, 2.75) is 24.7 Å². The lowest BCUT2D eigenvalue weighted by molar-refractivity contribution is -0.115. The molecule has 3 heterocycles. The molecule has 0 spiro atoms. The zero-order valence-electron chi connectivity index (χ0n) is 24.2. The van der Waals surface area contributed by atoms with Gasteiger partial charge in [-0.25, -0.2) is 9.79 Å². The van der Waals surface area contributed by atoms with Crippen LogP contribution in [0.3, 0.4) is 0 Å². The smallest absolute Gasteiger partial charge is 0.339 e. The van der Waals surface area contributed by atoms with Gasteiger partial charge in [0.2, 0.25) is 0 Å². The normalized spacial score (nSPS) is 20.8. The molecule has 0 bridgehead atoms. The number of carbonyl (C=O) groups excluding carboxylic acids is 1. The molecule has 0 aliphatic carbocycles. The summed E-state index contributed by atoms with van der Waals surface area (Å²) in [5.41, 5.74) is 7.94. The summed E-state index contributed by atoms with van der Waals surface area (Å²) in [7, 11) is 1.43. The number of rotatable bonds is 6. The second-order valence-corrected chi connectivity index (χ2v) is 12.2. The lowest BCUT2D eigenvalue weighted by atomic mass is 9.76. The minimum atomic E-state index is -1.09. The highest BCUT2D eigenvalue weighted by atomic mass is 32.2. The average molecular weight is 602 g/mol. The Bertz CT molecular complexity index is 1750. The van der Waals surface area contributed by atoms with Gasteiger partial charge in [0.1, 0.15) is 11.3 Å². The highest BCUT2D eigenvalue weighted by molar-refractivity contribution is 8.18. The van der Waals surface area contributed by atoms with Crippen LogP contribution in [0.1, 0.15) is 62.9 Å². The Morgan fingerprint density at radius 3 is 2.11 bits per heavy atom. The molecule has 7 nitrogen and oxygen atoms in total. The first kappa shape index (κ1) is 28.0. The maximum atomic E-state index is 13.0. The van der Waals surface area contributed by atoms with E-state index >= 15 is 0 Å². The maximum Gasteiger partial charge on any atom is 0.339 e. The third-order valence-corrected chi connectivity index (χ3v) is 9.54. The van der Waals surface area contributed by atoms with Crippen LogP contribution in [0.2, 0.25) is 0 Å². The van der Waals surface area contributed by atoms with Gasteiger partial charge in [0.25, 0.3) is 5.91 Å². The van der Waals surface area contributed by atoms with Crippen molar-refractivity contribution >= 4 is 46.3 Å². The molecule has 44 heavy (non-hydrogen) atoms. The Hall–Kier alpha value is -4.82. The van der Waals surface area contributed by atoms with Gasteiger partial charge in [-0.3, -0.25) is 4.79 Å². The summed E-state index contributed by atoms with van der Waals surface area (Å²) in [5, 5.41) is 13.0. The van der Waals surface area contributed by atoms with Crippen LogP contribution in [0, 0.1) is 0 Å². The Morgan fingerprint density at radius 2 is 1.55 bits per heavy atom. The fraction of sp³-hybridized carbons (Fsp3) is 0.194. The Morgan fingerprint density at radius 1 is 0.932 bits per heavy atom. The molecule has 2 N–H and O–H groups in total. The van der Waals surface area contributed by atoms with Crippen LogP contribution in [0.15, 0.2) is 101 Å². The minimum absolute atomic E-state index is 0.0390. The predicted molar refractivity (Wildman–Crippen MR) is 175 cm³/mol. The number of nitrogens with zero attached hydrogens (tertiary/aromatic N) is 2. The third kappa shape index (κ3) is 5.26. The summed E-state index contributed by atoms with van der Waals surface area (Å²) in [6.07, 6.45) is 3.75. The number of ether oxygens (including phenoxy) is 1. The summed E-state index contributed by atoms with van der Waals surface area (Å²) >= 11 is 1.25. The van der Waals surface area contributed by atoms with Crippen molar-refractivity contribution < 1.29 is 19.4 Å². The number of carboxylic acids is 1.